The lowest BCUT2D eigenvalue weighted by atomic mass is 10.0. The minimum atomic E-state index is -4.46. The highest BCUT2D eigenvalue weighted by molar-refractivity contribution is 6.24. The van der Waals surface area contributed by atoms with Crippen molar-refractivity contribution < 1.29 is 32.4 Å². The molecule has 0 radical (unpaired) electrons. The van der Waals surface area contributed by atoms with Gasteiger partial charge in [-0.15, -0.1) is 0 Å². The Hall–Kier alpha value is -3.20. The van der Waals surface area contributed by atoms with Gasteiger partial charge in [0.2, 0.25) is 5.91 Å². The van der Waals surface area contributed by atoms with Crippen LogP contribution in [0.1, 0.15) is 42.4 Å². The van der Waals surface area contributed by atoms with E-state index < -0.39 is 29.4 Å². The number of rotatable bonds is 9. The zero-order chi connectivity index (χ0) is 22.9. The summed E-state index contributed by atoms with van der Waals surface area (Å²) >= 11 is 0. The molecular formula is C22H22F4N2O3. The first-order valence-electron chi connectivity index (χ1n) is 9.56. The lowest BCUT2D eigenvalue weighted by Crippen LogP contribution is -2.25. The van der Waals surface area contributed by atoms with E-state index in [9.17, 15) is 27.2 Å². The maximum Gasteiger partial charge on any atom is 0.416 e. The Morgan fingerprint density at radius 3 is 2.16 bits per heavy atom. The van der Waals surface area contributed by atoms with Gasteiger partial charge in [-0.2, -0.15) is 13.2 Å². The number of benzene rings is 2. The molecule has 0 aliphatic carbocycles. The summed E-state index contributed by atoms with van der Waals surface area (Å²) in [6, 6.07) is 9.57. The van der Waals surface area contributed by atoms with Crippen LogP contribution in [-0.2, 0) is 15.8 Å². The van der Waals surface area contributed by atoms with Crippen molar-refractivity contribution in [2.45, 2.75) is 31.9 Å². The molecule has 0 aliphatic heterocycles. The summed E-state index contributed by atoms with van der Waals surface area (Å²) in [4.78, 5) is 23.6. The maximum absolute atomic E-state index is 13.3. The average Bonchev–Trinajstić information content (AvgIpc) is 2.74. The van der Waals surface area contributed by atoms with Crippen molar-refractivity contribution in [1.29, 1.82) is 0 Å². The average molecular weight is 438 g/mol. The number of hydrogen-bond acceptors (Lipinski definition) is 3. The molecular weight excluding hydrogens is 416 g/mol. The molecule has 2 aromatic rings. The summed E-state index contributed by atoms with van der Waals surface area (Å²) in [5.41, 5.74) is 1.72. The Kier molecular flexibility index (Phi) is 8.75. The van der Waals surface area contributed by atoms with Gasteiger partial charge in [0.15, 0.2) is 0 Å². The molecule has 2 rings (SSSR count). The van der Waals surface area contributed by atoms with Gasteiger partial charge in [-0.1, -0.05) is 30.7 Å². The highest BCUT2D eigenvalue weighted by Crippen LogP contribution is 2.29. The molecule has 5 nitrogen and oxygen atoms in total. The molecule has 0 heterocycles. The van der Waals surface area contributed by atoms with Crippen LogP contribution in [0.15, 0.2) is 48.5 Å². The third kappa shape index (κ3) is 7.86. The van der Waals surface area contributed by atoms with Gasteiger partial charge in [-0.3, -0.25) is 14.8 Å². The second-order valence-electron chi connectivity index (χ2n) is 6.79. The Morgan fingerprint density at radius 2 is 1.58 bits per heavy atom. The molecule has 2 aromatic carbocycles. The van der Waals surface area contributed by atoms with Gasteiger partial charge in [0.25, 0.3) is 5.91 Å². The highest BCUT2D eigenvalue weighted by Gasteiger charge is 2.29. The van der Waals surface area contributed by atoms with Crippen LogP contribution in [0.2, 0.25) is 0 Å². The van der Waals surface area contributed by atoms with E-state index in [2.05, 4.69) is 5.32 Å². The van der Waals surface area contributed by atoms with Crippen LogP contribution in [0.4, 0.5) is 17.6 Å². The summed E-state index contributed by atoms with van der Waals surface area (Å²) in [5.74, 6) is -1.42. The molecule has 0 atom stereocenters. The smallest absolute Gasteiger partial charge is 0.352 e. The Morgan fingerprint density at radius 1 is 0.935 bits per heavy atom. The number of hydroxylamine groups is 1. The fourth-order valence-corrected chi connectivity index (χ4v) is 2.78. The predicted octanol–water partition coefficient (Wildman–Crippen LogP) is 4.57. The Labute approximate surface area is 176 Å². The largest absolute Gasteiger partial charge is 0.416 e. The molecule has 0 spiro atoms. The van der Waals surface area contributed by atoms with Crippen molar-refractivity contribution in [2.24, 2.45) is 0 Å². The number of nitrogens with one attached hydrogen (secondary N) is 2. The first-order valence-corrected chi connectivity index (χ1v) is 9.56. The van der Waals surface area contributed by atoms with Crippen LogP contribution in [0, 0.1) is 5.82 Å². The molecule has 0 aliphatic rings. The fourth-order valence-electron chi connectivity index (χ4n) is 2.78. The van der Waals surface area contributed by atoms with Crippen molar-refractivity contribution in [3.63, 3.8) is 0 Å². The molecule has 0 saturated heterocycles. The molecule has 0 unspecified atom stereocenters. The molecule has 3 N–H and O–H groups in total. The van der Waals surface area contributed by atoms with Crippen molar-refractivity contribution >= 4 is 23.5 Å². The summed E-state index contributed by atoms with van der Waals surface area (Å²) in [6.45, 7) is 0.311. The number of hydrogen-bond donors (Lipinski definition) is 3. The lowest BCUT2D eigenvalue weighted by molar-refractivity contribution is -0.137. The van der Waals surface area contributed by atoms with Crippen molar-refractivity contribution in [3.8, 4) is 0 Å². The van der Waals surface area contributed by atoms with Crippen LogP contribution < -0.4 is 10.8 Å². The zero-order valence-electron chi connectivity index (χ0n) is 16.5. The Bertz CT molecular complexity index is 908. The van der Waals surface area contributed by atoms with E-state index in [1.165, 1.54) is 42.5 Å². The van der Waals surface area contributed by atoms with E-state index in [4.69, 9.17) is 5.21 Å². The summed E-state index contributed by atoms with van der Waals surface area (Å²) in [7, 11) is 0. The van der Waals surface area contributed by atoms with Gasteiger partial charge < -0.3 is 5.32 Å². The number of halogens is 4. The highest BCUT2D eigenvalue weighted by atomic mass is 19.4. The molecule has 0 aromatic heterocycles. The Balaban J connectivity index is 2.10. The molecule has 9 heteroatoms. The number of carbonyl (C=O) groups is 2. The molecule has 166 valence electrons. The summed E-state index contributed by atoms with van der Waals surface area (Å²) in [5, 5.41) is 11.2. The predicted molar refractivity (Wildman–Crippen MR) is 107 cm³/mol. The number of alkyl halides is 3. The van der Waals surface area contributed by atoms with Gasteiger partial charge in [-0.05, 0) is 54.3 Å². The minimum absolute atomic E-state index is 0.166. The monoisotopic (exact) mass is 438 g/mol. The third-order valence-corrected chi connectivity index (χ3v) is 4.44. The third-order valence-electron chi connectivity index (χ3n) is 4.44. The van der Waals surface area contributed by atoms with E-state index in [1.807, 2.05) is 0 Å². The maximum atomic E-state index is 13.3. The zero-order valence-corrected chi connectivity index (χ0v) is 16.5. The van der Waals surface area contributed by atoms with E-state index in [-0.39, 0.29) is 12.0 Å². The summed E-state index contributed by atoms with van der Waals surface area (Å²) in [6.07, 6.45) is -1.09. The minimum Gasteiger partial charge on any atom is -0.352 e. The van der Waals surface area contributed by atoms with Gasteiger partial charge in [0.1, 0.15) is 5.82 Å². The van der Waals surface area contributed by atoms with Crippen LogP contribution in [0.3, 0.4) is 0 Å². The van der Waals surface area contributed by atoms with Crippen molar-refractivity contribution in [1.82, 2.24) is 10.8 Å². The lowest BCUT2D eigenvalue weighted by Gasteiger charge is -2.11. The molecule has 31 heavy (non-hydrogen) atoms. The standard InChI is InChI=1S/C22H22F4N2O3/c23-18-11-7-16(8-12-18)19(14-15-5-9-17(10-6-15)22(24,25)26)21(30)27-13-3-1-2-4-20(29)28-31/h5-12,14,31H,1-4,13H2,(H,27,30)(H,28,29)/b19-14+. The molecule has 0 bridgehead atoms. The number of unbranched alkanes of at least 4 members (excludes halogenated alkanes) is 2. The van der Waals surface area contributed by atoms with E-state index in [0.717, 1.165) is 12.1 Å². The van der Waals surface area contributed by atoms with Crippen molar-refractivity contribution in [3.05, 3.63) is 71.0 Å². The van der Waals surface area contributed by atoms with Crippen LogP contribution in [0.25, 0.3) is 11.6 Å². The second-order valence-corrected chi connectivity index (χ2v) is 6.79. The van der Waals surface area contributed by atoms with E-state index >= 15 is 0 Å². The topological polar surface area (TPSA) is 78.4 Å². The van der Waals surface area contributed by atoms with Crippen LogP contribution >= 0.6 is 0 Å². The first-order chi connectivity index (χ1) is 14.7. The molecule has 2 amide bonds. The van der Waals surface area contributed by atoms with Crippen LogP contribution in [-0.4, -0.2) is 23.6 Å². The van der Waals surface area contributed by atoms with Gasteiger partial charge in [0, 0.05) is 18.5 Å². The van der Waals surface area contributed by atoms with Gasteiger partial charge in [-0.25, -0.2) is 9.87 Å². The number of carbonyl (C=O) groups excluding carboxylic acids is 2. The quantitative estimate of drug-likeness (QED) is 0.134. The van der Waals surface area contributed by atoms with E-state index in [0.29, 0.717) is 36.9 Å². The molecule has 0 fully saturated rings. The van der Waals surface area contributed by atoms with Gasteiger partial charge >= 0.3 is 6.18 Å². The first kappa shape index (κ1) is 24.1. The summed E-state index contributed by atoms with van der Waals surface area (Å²) < 4.78 is 51.5. The fraction of sp³-hybridized carbons (Fsp3) is 0.273. The normalized spacial score (nSPS) is 11.8. The number of amides is 2. The van der Waals surface area contributed by atoms with Gasteiger partial charge in [0.05, 0.1) is 5.56 Å². The SMILES string of the molecule is O=C(CCCCCNC(=O)/C(=C/c1ccc(C(F)(F)F)cc1)c1ccc(F)cc1)NO. The molecule has 0 saturated carbocycles. The van der Waals surface area contributed by atoms with E-state index in [1.54, 1.807) is 5.48 Å². The second kappa shape index (κ2) is 11.3. The van der Waals surface area contributed by atoms with Crippen LogP contribution in [0.5, 0.6) is 0 Å². The van der Waals surface area contributed by atoms with Crippen molar-refractivity contribution in [2.75, 3.05) is 6.54 Å².